The Morgan fingerprint density at radius 2 is 1.67 bits per heavy atom. The minimum Gasteiger partial charge on any atom is -0.550 e. The highest BCUT2D eigenvalue weighted by Gasteiger charge is 2.17. The van der Waals surface area contributed by atoms with E-state index in [0.29, 0.717) is 5.56 Å². The summed E-state index contributed by atoms with van der Waals surface area (Å²) in [6.45, 7) is 0. The van der Waals surface area contributed by atoms with Crippen molar-refractivity contribution in [3.05, 3.63) is 59.7 Å². The first-order chi connectivity index (χ1) is 11.3. The van der Waals surface area contributed by atoms with Crippen molar-refractivity contribution in [3.63, 3.8) is 0 Å². The van der Waals surface area contributed by atoms with Gasteiger partial charge in [0, 0.05) is 5.97 Å². The van der Waals surface area contributed by atoms with E-state index in [-0.39, 0.29) is 29.0 Å². The number of carbonyl (C=O) groups is 2. The Balaban J connectivity index is 2.22. The molecule has 0 fully saturated rings. The molecule has 0 bridgehead atoms. The fourth-order valence-electron chi connectivity index (χ4n) is 2.07. The van der Waals surface area contributed by atoms with E-state index in [1.807, 2.05) is 0 Å². The summed E-state index contributed by atoms with van der Waals surface area (Å²) in [7, 11) is -3.90. The number of nitrogens with one attached hydrogen (secondary N) is 1. The zero-order chi connectivity index (χ0) is 17.7. The second-order valence-corrected chi connectivity index (χ2v) is 6.71. The highest BCUT2D eigenvalue weighted by atomic mass is 32.2. The van der Waals surface area contributed by atoms with Crippen LogP contribution in [0.5, 0.6) is 0 Å². The summed E-state index contributed by atoms with van der Waals surface area (Å²) in [4.78, 5) is 21.8. The first kappa shape index (κ1) is 17.5. The van der Waals surface area contributed by atoms with E-state index in [4.69, 9.17) is 5.73 Å². The molecule has 0 aliphatic rings. The first-order valence-corrected chi connectivity index (χ1v) is 8.48. The third-order valence-electron chi connectivity index (χ3n) is 3.29. The van der Waals surface area contributed by atoms with Gasteiger partial charge in [0.15, 0.2) is 0 Å². The lowest BCUT2D eigenvalue weighted by atomic mass is 10.1. The average molecular weight is 347 g/mol. The summed E-state index contributed by atoms with van der Waals surface area (Å²) in [6.07, 6.45) is 0.108. The maximum absolute atomic E-state index is 12.4. The van der Waals surface area contributed by atoms with Gasteiger partial charge in [-0.3, -0.25) is 9.52 Å². The van der Waals surface area contributed by atoms with Crippen molar-refractivity contribution in [1.82, 2.24) is 0 Å². The number of carboxylic acids is 1. The molecule has 2 rings (SSSR count). The number of hydrogen-bond donors (Lipinski definition) is 2. The van der Waals surface area contributed by atoms with Crippen LogP contribution in [0.15, 0.2) is 53.4 Å². The molecule has 0 saturated heterocycles. The summed E-state index contributed by atoms with van der Waals surface area (Å²) in [5.74, 6) is -1.91. The molecule has 0 saturated carbocycles. The van der Waals surface area contributed by atoms with E-state index < -0.39 is 21.9 Å². The molecule has 0 radical (unpaired) electrons. The second-order valence-electron chi connectivity index (χ2n) is 5.03. The van der Waals surface area contributed by atoms with Crippen molar-refractivity contribution in [2.75, 3.05) is 4.72 Å². The standard InChI is InChI=1S/C16H16N2O5S/c17-16(21)13-3-1-2-4-14(13)18-24(22,23)12-8-5-11(6-9-12)7-10-15(19)20/h1-6,8-9,18H,7,10H2,(H2,17,21)(H,19,20)/p-1. The molecule has 2 aromatic rings. The number of hydrogen-bond acceptors (Lipinski definition) is 5. The molecule has 3 N–H and O–H groups in total. The van der Waals surface area contributed by atoms with Gasteiger partial charge in [-0.2, -0.15) is 0 Å². The summed E-state index contributed by atoms with van der Waals surface area (Å²) in [5.41, 5.74) is 6.05. The van der Waals surface area contributed by atoms with Gasteiger partial charge in [0.1, 0.15) is 0 Å². The van der Waals surface area contributed by atoms with Crippen LogP contribution in [0.4, 0.5) is 5.69 Å². The Morgan fingerprint density at radius 1 is 1.04 bits per heavy atom. The number of rotatable bonds is 7. The van der Waals surface area contributed by atoms with E-state index >= 15 is 0 Å². The van der Waals surface area contributed by atoms with Gasteiger partial charge in [-0.15, -0.1) is 0 Å². The summed E-state index contributed by atoms with van der Waals surface area (Å²) >= 11 is 0. The Kier molecular flexibility index (Phi) is 5.20. The van der Waals surface area contributed by atoms with Crippen LogP contribution >= 0.6 is 0 Å². The number of para-hydroxylation sites is 1. The minimum atomic E-state index is -3.90. The molecule has 0 heterocycles. The van der Waals surface area contributed by atoms with Crippen LogP contribution in [0.2, 0.25) is 0 Å². The Morgan fingerprint density at radius 3 is 2.25 bits per heavy atom. The van der Waals surface area contributed by atoms with E-state index in [1.54, 1.807) is 12.1 Å². The number of amides is 1. The SMILES string of the molecule is NC(=O)c1ccccc1NS(=O)(=O)c1ccc(CCC(=O)[O-])cc1. The zero-order valence-corrected chi connectivity index (χ0v) is 13.4. The van der Waals surface area contributed by atoms with Crippen LogP contribution in [0.3, 0.4) is 0 Å². The third-order valence-corrected chi connectivity index (χ3v) is 4.67. The molecule has 1 amide bonds. The largest absolute Gasteiger partial charge is 0.550 e. The van der Waals surface area contributed by atoms with Gasteiger partial charge < -0.3 is 15.6 Å². The molecule has 2 aromatic carbocycles. The van der Waals surface area contributed by atoms with Gasteiger partial charge in [0.2, 0.25) is 0 Å². The van der Waals surface area contributed by atoms with E-state index in [0.717, 1.165) is 0 Å². The minimum absolute atomic E-state index is 0.0148. The molecule has 0 unspecified atom stereocenters. The maximum Gasteiger partial charge on any atom is 0.261 e. The van der Waals surface area contributed by atoms with Crippen LogP contribution in [0, 0.1) is 0 Å². The molecule has 24 heavy (non-hydrogen) atoms. The number of benzene rings is 2. The smallest absolute Gasteiger partial charge is 0.261 e. The molecule has 0 aliphatic heterocycles. The predicted molar refractivity (Wildman–Crippen MR) is 85.5 cm³/mol. The van der Waals surface area contributed by atoms with Gasteiger partial charge >= 0.3 is 0 Å². The fourth-order valence-corrected chi connectivity index (χ4v) is 3.15. The van der Waals surface area contributed by atoms with Crippen molar-refractivity contribution in [2.24, 2.45) is 5.73 Å². The normalized spacial score (nSPS) is 11.0. The third kappa shape index (κ3) is 4.32. The quantitative estimate of drug-likeness (QED) is 0.742. The lowest BCUT2D eigenvalue weighted by Crippen LogP contribution is -2.22. The number of nitrogens with two attached hydrogens (primary N) is 1. The van der Waals surface area contributed by atoms with E-state index in [9.17, 15) is 23.1 Å². The van der Waals surface area contributed by atoms with Crippen LogP contribution < -0.4 is 15.6 Å². The molecule has 126 valence electrons. The van der Waals surface area contributed by atoms with Gasteiger partial charge in [-0.1, -0.05) is 24.3 Å². The topological polar surface area (TPSA) is 129 Å². The lowest BCUT2D eigenvalue weighted by molar-refractivity contribution is -0.305. The molecule has 0 atom stereocenters. The summed E-state index contributed by atoms with van der Waals surface area (Å²) in [6, 6.07) is 11.8. The number of primary amides is 1. The summed E-state index contributed by atoms with van der Waals surface area (Å²) in [5, 5.41) is 10.4. The predicted octanol–water partition coefficient (Wildman–Crippen LogP) is 0.269. The average Bonchev–Trinajstić information content (AvgIpc) is 2.53. The molecule has 0 aliphatic carbocycles. The molecule has 0 spiro atoms. The van der Waals surface area contributed by atoms with Crippen molar-refractivity contribution >= 4 is 27.6 Å². The summed E-state index contributed by atoms with van der Waals surface area (Å²) < 4.78 is 27.1. The van der Waals surface area contributed by atoms with Gasteiger partial charge in [0.05, 0.1) is 16.1 Å². The van der Waals surface area contributed by atoms with Crippen molar-refractivity contribution < 1.29 is 23.1 Å². The maximum atomic E-state index is 12.4. The van der Waals surface area contributed by atoms with Crippen LogP contribution in [-0.2, 0) is 21.2 Å². The van der Waals surface area contributed by atoms with Crippen LogP contribution in [0.25, 0.3) is 0 Å². The molecular weight excluding hydrogens is 332 g/mol. The van der Waals surface area contributed by atoms with E-state index in [2.05, 4.69) is 4.72 Å². The molecule has 0 aromatic heterocycles. The number of aryl methyl sites for hydroxylation is 1. The Labute approximate surface area is 139 Å². The van der Waals surface area contributed by atoms with Gasteiger partial charge in [-0.25, -0.2) is 8.42 Å². The number of aliphatic carboxylic acids is 1. The number of carboxylic acid groups (broad SMARTS) is 1. The number of carbonyl (C=O) groups excluding carboxylic acids is 2. The monoisotopic (exact) mass is 347 g/mol. The van der Waals surface area contributed by atoms with Gasteiger partial charge in [-0.05, 0) is 42.7 Å². The first-order valence-electron chi connectivity index (χ1n) is 7.00. The van der Waals surface area contributed by atoms with Crippen molar-refractivity contribution in [3.8, 4) is 0 Å². The van der Waals surface area contributed by atoms with Crippen molar-refractivity contribution in [2.45, 2.75) is 17.7 Å². The highest BCUT2D eigenvalue weighted by molar-refractivity contribution is 7.92. The van der Waals surface area contributed by atoms with Crippen molar-refractivity contribution in [1.29, 1.82) is 0 Å². The van der Waals surface area contributed by atoms with Crippen LogP contribution in [0.1, 0.15) is 22.3 Å². The number of sulfonamides is 1. The van der Waals surface area contributed by atoms with Gasteiger partial charge in [0.25, 0.3) is 15.9 Å². The highest BCUT2D eigenvalue weighted by Crippen LogP contribution is 2.20. The Bertz CT molecular complexity index is 860. The number of anilines is 1. The van der Waals surface area contributed by atoms with E-state index in [1.165, 1.54) is 36.4 Å². The fraction of sp³-hybridized carbons (Fsp3) is 0.125. The molecular formula is C16H15N2O5S-. The second kappa shape index (κ2) is 7.14. The Hall–Kier alpha value is -2.87. The molecule has 7 nitrogen and oxygen atoms in total. The van der Waals surface area contributed by atoms with Crippen LogP contribution in [-0.4, -0.2) is 20.3 Å². The molecule has 8 heteroatoms. The lowest BCUT2D eigenvalue weighted by Gasteiger charge is -2.11. The zero-order valence-electron chi connectivity index (χ0n) is 12.6.